The molecule has 21 heavy (non-hydrogen) atoms. The van der Waals surface area contributed by atoms with Gasteiger partial charge in [-0.2, -0.15) is 0 Å². The second-order valence-corrected chi connectivity index (χ2v) is 6.40. The van der Waals surface area contributed by atoms with Crippen LogP contribution in [0.2, 0.25) is 0 Å². The Hall–Kier alpha value is -2.24. The molecule has 0 unspecified atom stereocenters. The fourth-order valence-electron chi connectivity index (χ4n) is 4.30. The number of carbonyl (C=O) groups excluding carboxylic acids is 1. The Balaban J connectivity index is 1.54. The molecule has 2 aromatic rings. The van der Waals surface area contributed by atoms with Crippen molar-refractivity contribution >= 4 is 16.8 Å². The number of aromatic amines is 1. The molecule has 2 saturated carbocycles. The van der Waals surface area contributed by atoms with Crippen LogP contribution in [-0.4, -0.2) is 38.3 Å². The first kappa shape index (κ1) is 11.4. The van der Waals surface area contributed by atoms with E-state index >= 15 is 0 Å². The number of likely N-dealkylation sites (tertiary alicyclic amines) is 1. The van der Waals surface area contributed by atoms with Crippen molar-refractivity contribution in [2.45, 2.75) is 18.9 Å². The lowest BCUT2D eigenvalue weighted by Gasteiger charge is -2.26. The van der Waals surface area contributed by atoms with Crippen LogP contribution < -0.4 is 5.56 Å². The molecule has 4 atom stereocenters. The van der Waals surface area contributed by atoms with Crippen LogP contribution in [0.5, 0.6) is 0 Å². The predicted molar refractivity (Wildman–Crippen MR) is 74.7 cm³/mol. The third-order valence-electron chi connectivity index (χ3n) is 5.37. The SMILES string of the molecule is O=C(c1cc2c(=O)[nH]cnc2cn1)N1C[C@@H]2C[C@H]1[C@H]1C[C@@H]21. The van der Waals surface area contributed by atoms with Gasteiger partial charge in [0.2, 0.25) is 0 Å². The maximum absolute atomic E-state index is 12.7. The van der Waals surface area contributed by atoms with Gasteiger partial charge in [0.25, 0.3) is 11.5 Å². The molecule has 0 spiro atoms. The highest BCUT2D eigenvalue weighted by Gasteiger charge is 2.61. The molecule has 2 aromatic heterocycles. The number of nitrogens with zero attached hydrogens (tertiary/aromatic N) is 3. The van der Waals surface area contributed by atoms with Crippen LogP contribution >= 0.6 is 0 Å². The minimum atomic E-state index is -0.235. The second kappa shape index (κ2) is 3.69. The average Bonchev–Trinajstić information content (AvgIpc) is 3.11. The van der Waals surface area contributed by atoms with E-state index in [-0.39, 0.29) is 11.5 Å². The summed E-state index contributed by atoms with van der Waals surface area (Å²) in [4.78, 5) is 37.3. The highest BCUT2D eigenvalue weighted by Crippen LogP contribution is 2.61. The molecule has 2 bridgehead atoms. The molecule has 106 valence electrons. The first-order valence-electron chi connectivity index (χ1n) is 7.37. The largest absolute Gasteiger partial charge is 0.334 e. The molecule has 3 fully saturated rings. The summed E-state index contributed by atoms with van der Waals surface area (Å²) >= 11 is 0. The van der Waals surface area contributed by atoms with Gasteiger partial charge >= 0.3 is 0 Å². The lowest BCUT2D eigenvalue weighted by molar-refractivity contribution is 0.0687. The Bertz CT molecular complexity index is 830. The quantitative estimate of drug-likeness (QED) is 0.839. The third kappa shape index (κ3) is 1.47. The summed E-state index contributed by atoms with van der Waals surface area (Å²) in [6.07, 6.45) is 5.29. The smallest absolute Gasteiger partial charge is 0.272 e. The fraction of sp³-hybridized carbons (Fsp3) is 0.467. The number of rotatable bonds is 1. The van der Waals surface area contributed by atoms with E-state index in [4.69, 9.17) is 0 Å². The molecular weight excluding hydrogens is 268 g/mol. The van der Waals surface area contributed by atoms with Crippen LogP contribution in [0.4, 0.5) is 0 Å². The van der Waals surface area contributed by atoms with E-state index in [2.05, 4.69) is 15.0 Å². The van der Waals surface area contributed by atoms with E-state index in [9.17, 15) is 9.59 Å². The second-order valence-electron chi connectivity index (χ2n) is 6.40. The van der Waals surface area contributed by atoms with Gasteiger partial charge in [-0.25, -0.2) is 9.97 Å². The highest BCUT2D eigenvalue weighted by molar-refractivity contribution is 5.96. The predicted octanol–water partition coefficient (Wildman–Crippen LogP) is 0.798. The Kier molecular flexibility index (Phi) is 2.01. The highest BCUT2D eigenvalue weighted by atomic mass is 16.2. The van der Waals surface area contributed by atoms with Gasteiger partial charge in [0.05, 0.1) is 23.4 Å². The molecule has 1 amide bonds. The van der Waals surface area contributed by atoms with Crippen LogP contribution in [0.1, 0.15) is 23.3 Å². The minimum absolute atomic E-state index is 0.0435. The summed E-state index contributed by atoms with van der Waals surface area (Å²) in [5.74, 6) is 2.24. The van der Waals surface area contributed by atoms with Crippen LogP contribution in [0, 0.1) is 17.8 Å². The Morgan fingerprint density at radius 3 is 3.00 bits per heavy atom. The van der Waals surface area contributed by atoms with Crippen molar-refractivity contribution in [1.82, 2.24) is 19.9 Å². The molecule has 1 N–H and O–H groups in total. The minimum Gasteiger partial charge on any atom is -0.334 e. The summed E-state index contributed by atoms with van der Waals surface area (Å²) in [7, 11) is 0. The molecule has 3 heterocycles. The normalized spacial score (nSPS) is 32.5. The Morgan fingerprint density at radius 2 is 2.19 bits per heavy atom. The van der Waals surface area contributed by atoms with E-state index in [0.717, 1.165) is 24.8 Å². The molecule has 0 radical (unpaired) electrons. The van der Waals surface area contributed by atoms with Gasteiger partial charge in [-0.3, -0.25) is 9.59 Å². The monoisotopic (exact) mass is 282 g/mol. The van der Waals surface area contributed by atoms with Gasteiger partial charge in [0.15, 0.2) is 0 Å². The fourth-order valence-corrected chi connectivity index (χ4v) is 4.30. The first-order chi connectivity index (χ1) is 10.2. The molecule has 3 aliphatic rings. The van der Waals surface area contributed by atoms with E-state index < -0.39 is 0 Å². The first-order valence-corrected chi connectivity index (χ1v) is 7.37. The van der Waals surface area contributed by atoms with Gasteiger partial charge in [-0.15, -0.1) is 0 Å². The number of pyridine rings is 1. The van der Waals surface area contributed by atoms with E-state index in [1.54, 1.807) is 6.07 Å². The topological polar surface area (TPSA) is 79.0 Å². The maximum Gasteiger partial charge on any atom is 0.272 e. The van der Waals surface area contributed by atoms with Crippen molar-refractivity contribution in [3.05, 3.63) is 34.6 Å². The molecular formula is C15H14N4O2. The van der Waals surface area contributed by atoms with Gasteiger partial charge in [-0.05, 0) is 36.7 Å². The summed E-state index contributed by atoms with van der Waals surface area (Å²) in [5.41, 5.74) is 0.632. The molecule has 0 aromatic carbocycles. The lowest BCUT2D eigenvalue weighted by atomic mass is 10.1. The van der Waals surface area contributed by atoms with Crippen molar-refractivity contribution in [3.8, 4) is 0 Å². The number of carbonyl (C=O) groups is 1. The number of amides is 1. The summed E-state index contributed by atoms with van der Waals surface area (Å²) < 4.78 is 0. The van der Waals surface area contributed by atoms with Gasteiger partial charge in [0, 0.05) is 12.6 Å². The van der Waals surface area contributed by atoms with Gasteiger partial charge < -0.3 is 9.88 Å². The summed E-state index contributed by atoms with van der Waals surface area (Å²) in [5, 5.41) is 0.421. The molecule has 2 aliphatic carbocycles. The molecule has 6 heteroatoms. The zero-order valence-electron chi connectivity index (χ0n) is 11.3. The summed E-state index contributed by atoms with van der Waals surface area (Å²) in [6, 6.07) is 1.97. The zero-order valence-corrected chi connectivity index (χ0v) is 11.3. The Morgan fingerprint density at radius 1 is 1.29 bits per heavy atom. The van der Waals surface area contributed by atoms with Crippen LogP contribution in [0.3, 0.4) is 0 Å². The number of piperidine rings is 1. The van der Waals surface area contributed by atoms with Crippen LogP contribution in [-0.2, 0) is 0 Å². The van der Waals surface area contributed by atoms with Crippen molar-refractivity contribution < 1.29 is 4.79 Å². The number of hydrogen-bond acceptors (Lipinski definition) is 4. The lowest BCUT2D eigenvalue weighted by Crippen LogP contribution is -2.39. The van der Waals surface area contributed by atoms with E-state index in [0.29, 0.717) is 28.6 Å². The molecule has 1 aliphatic heterocycles. The zero-order chi connectivity index (χ0) is 14.1. The standard InChI is InChI=1S/C15H14N4O2/c20-14-10-3-11(16-4-12(10)17-6-18-14)15(21)19-5-7-1-13(19)9-2-8(7)9/h3-4,6-9,13H,1-2,5H2,(H,17,18,20)/t7-,8-,9-,13-/m0/s1. The van der Waals surface area contributed by atoms with E-state index in [1.807, 2.05) is 4.90 Å². The van der Waals surface area contributed by atoms with Crippen molar-refractivity contribution in [1.29, 1.82) is 0 Å². The molecule has 1 saturated heterocycles. The number of hydrogen-bond donors (Lipinski definition) is 1. The van der Waals surface area contributed by atoms with Crippen molar-refractivity contribution in [3.63, 3.8) is 0 Å². The van der Waals surface area contributed by atoms with Crippen molar-refractivity contribution in [2.24, 2.45) is 17.8 Å². The third-order valence-corrected chi connectivity index (χ3v) is 5.37. The van der Waals surface area contributed by atoms with Crippen LogP contribution in [0.15, 0.2) is 23.4 Å². The number of nitrogens with one attached hydrogen (secondary N) is 1. The average molecular weight is 282 g/mol. The molecule has 5 rings (SSSR count). The maximum atomic E-state index is 12.7. The van der Waals surface area contributed by atoms with Gasteiger partial charge in [-0.1, -0.05) is 0 Å². The Labute approximate surface area is 120 Å². The van der Waals surface area contributed by atoms with Gasteiger partial charge in [0.1, 0.15) is 5.69 Å². The number of H-pyrrole nitrogens is 1. The van der Waals surface area contributed by atoms with Crippen LogP contribution in [0.25, 0.3) is 10.9 Å². The molecule has 6 nitrogen and oxygen atoms in total. The number of fused-ring (bicyclic) bond motifs is 6. The summed E-state index contributed by atoms with van der Waals surface area (Å²) in [6.45, 7) is 0.855. The van der Waals surface area contributed by atoms with E-state index in [1.165, 1.54) is 18.9 Å². The van der Waals surface area contributed by atoms with Crippen molar-refractivity contribution in [2.75, 3.05) is 6.54 Å². The number of aromatic nitrogens is 3.